The van der Waals surface area contributed by atoms with Crippen LogP contribution in [0, 0.1) is 0 Å². The van der Waals surface area contributed by atoms with E-state index < -0.39 is 0 Å². The second-order valence-corrected chi connectivity index (χ2v) is 4.43. The second-order valence-electron chi connectivity index (χ2n) is 4.43. The van der Waals surface area contributed by atoms with Gasteiger partial charge < -0.3 is 4.57 Å². The molecule has 0 N–H and O–H groups in total. The van der Waals surface area contributed by atoms with Crippen LogP contribution >= 0.6 is 0 Å². The third kappa shape index (κ3) is 1.39. The van der Waals surface area contributed by atoms with E-state index in [9.17, 15) is 0 Å². The van der Waals surface area contributed by atoms with E-state index in [4.69, 9.17) is 0 Å². The number of fused-ring (bicyclic) bond motifs is 3. The molecular formula is C16H17N. The van der Waals surface area contributed by atoms with Crippen molar-refractivity contribution in [2.24, 2.45) is 0 Å². The van der Waals surface area contributed by atoms with Gasteiger partial charge in [-0.15, -0.1) is 0 Å². The lowest BCUT2D eigenvalue weighted by molar-refractivity contribution is 0.822. The lowest BCUT2D eigenvalue weighted by atomic mass is 10.1. The van der Waals surface area contributed by atoms with Crippen LogP contribution in [-0.2, 0) is 13.0 Å². The molecule has 0 fully saturated rings. The monoisotopic (exact) mass is 223 g/mol. The molecular weight excluding hydrogens is 206 g/mol. The summed E-state index contributed by atoms with van der Waals surface area (Å²) in [5.74, 6) is 0. The Morgan fingerprint density at radius 1 is 0.882 bits per heavy atom. The smallest absolute Gasteiger partial charge is 0.0523 e. The Labute approximate surface area is 102 Å². The SMILES string of the molecule is CCc1cccc2c3ccccc3n(CC)c12. The number of benzene rings is 2. The van der Waals surface area contributed by atoms with Crippen molar-refractivity contribution in [3.05, 3.63) is 48.0 Å². The Kier molecular flexibility index (Phi) is 2.40. The van der Waals surface area contributed by atoms with Gasteiger partial charge in [0.05, 0.1) is 5.52 Å². The Balaban J connectivity index is 2.58. The molecule has 0 saturated heterocycles. The number of hydrogen-bond acceptors (Lipinski definition) is 0. The highest BCUT2D eigenvalue weighted by molar-refractivity contribution is 6.09. The van der Waals surface area contributed by atoms with Crippen molar-refractivity contribution in [1.29, 1.82) is 0 Å². The van der Waals surface area contributed by atoms with Crippen LogP contribution in [0.1, 0.15) is 19.4 Å². The number of hydrogen-bond donors (Lipinski definition) is 0. The lowest BCUT2D eigenvalue weighted by Gasteiger charge is -2.06. The van der Waals surface area contributed by atoms with Crippen molar-refractivity contribution in [3.8, 4) is 0 Å². The predicted molar refractivity (Wildman–Crippen MR) is 74.5 cm³/mol. The first-order chi connectivity index (χ1) is 8.36. The Hall–Kier alpha value is -1.76. The molecule has 0 aliphatic carbocycles. The minimum Gasteiger partial charge on any atom is -0.341 e. The van der Waals surface area contributed by atoms with Gasteiger partial charge in [-0.25, -0.2) is 0 Å². The summed E-state index contributed by atoms with van der Waals surface area (Å²) in [5.41, 5.74) is 4.21. The van der Waals surface area contributed by atoms with Gasteiger partial charge in [0, 0.05) is 22.8 Å². The van der Waals surface area contributed by atoms with Gasteiger partial charge in [0.2, 0.25) is 0 Å². The molecule has 3 aromatic rings. The van der Waals surface area contributed by atoms with Crippen molar-refractivity contribution in [1.82, 2.24) is 4.57 Å². The minimum atomic E-state index is 1.03. The molecule has 1 aromatic heterocycles. The highest BCUT2D eigenvalue weighted by Gasteiger charge is 2.10. The summed E-state index contributed by atoms with van der Waals surface area (Å²) in [5, 5.41) is 2.77. The van der Waals surface area contributed by atoms with E-state index in [0.717, 1.165) is 13.0 Å². The van der Waals surface area contributed by atoms with Gasteiger partial charge in [0.1, 0.15) is 0 Å². The van der Waals surface area contributed by atoms with E-state index in [1.165, 1.54) is 27.4 Å². The average molecular weight is 223 g/mol. The van der Waals surface area contributed by atoms with Crippen LogP contribution in [0.2, 0.25) is 0 Å². The fourth-order valence-electron chi connectivity index (χ4n) is 2.80. The molecule has 0 saturated carbocycles. The molecule has 0 radical (unpaired) electrons. The predicted octanol–water partition coefficient (Wildman–Crippen LogP) is 4.38. The van der Waals surface area contributed by atoms with Crippen molar-refractivity contribution in [2.75, 3.05) is 0 Å². The molecule has 0 unspecified atom stereocenters. The minimum absolute atomic E-state index is 1.03. The number of para-hydroxylation sites is 2. The first-order valence-electron chi connectivity index (χ1n) is 6.35. The van der Waals surface area contributed by atoms with Crippen molar-refractivity contribution >= 4 is 21.8 Å². The summed E-state index contributed by atoms with van der Waals surface area (Å²) in [7, 11) is 0. The summed E-state index contributed by atoms with van der Waals surface area (Å²) in [6.07, 6.45) is 1.09. The van der Waals surface area contributed by atoms with E-state index in [1.807, 2.05) is 0 Å². The topological polar surface area (TPSA) is 4.93 Å². The number of aromatic nitrogens is 1. The molecule has 1 nitrogen and oxygen atoms in total. The summed E-state index contributed by atoms with van der Waals surface area (Å²) < 4.78 is 2.43. The maximum absolute atomic E-state index is 2.43. The maximum Gasteiger partial charge on any atom is 0.0523 e. The first-order valence-corrected chi connectivity index (χ1v) is 6.35. The van der Waals surface area contributed by atoms with Crippen LogP contribution in [-0.4, -0.2) is 4.57 Å². The molecule has 3 rings (SSSR count). The summed E-state index contributed by atoms with van der Waals surface area (Å²) in [6, 6.07) is 15.4. The molecule has 1 heterocycles. The van der Waals surface area contributed by atoms with Gasteiger partial charge >= 0.3 is 0 Å². The standard InChI is InChI=1S/C16H17N/c1-3-12-8-7-10-14-13-9-5-6-11-15(13)17(4-2)16(12)14/h5-11H,3-4H2,1-2H3. The van der Waals surface area contributed by atoms with Crippen LogP contribution in [0.4, 0.5) is 0 Å². The summed E-state index contributed by atoms with van der Waals surface area (Å²) in [4.78, 5) is 0. The average Bonchev–Trinajstić information content (AvgIpc) is 2.72. The van der Waals surface area contributed by atoms with Gasteiger partial charge in [0.15, 0.2) is 0 Å². The van der Waals surface area contributed by atoms with Gasteiger partial charge in [-0.2, -0.15) is 0 Å². The highest BCUT2D eigenvalue weighted by Crippen LogP contribution is 2.31. The molecule has 0 spiro atoms. The zero-order chi connectivity index (χ0) is 11.8. The Morgan fingerprint density at radius 2 is 1.65 bits per heavy atom. The number of aryl methyl sites for hydroxylation is 2. The summed E-state index contributed by atoms with van der Waals surface area (Å²) >= 11 is 0. The number of nitrogens with zero attached hydrogens (tertiary/aromatic N) is 1. The highest BCUT2D eigenvalue weighted by atomic mass is 15.0. The van der Waals surface area contributed by atoms with Crippen LogP contribution < -0.4 is 0 Å². The second kappa shape index (κ2) is 3.92. The summed E-state index contributed by atoms with van der Waals surface area (Å²) in [6.45, 7) is 5.48. The first kappa shape index (κ1) is 10.4. The maximum atomic E-state index is 2.43. The number of rotatable bonds is 2. The van der Waals surface area contributed by atoms with E-state index in [1.54, 1.807) is 0 Å². The Bertz CT molecular complexity index is 676. The molecule has 86 valence electrons. The molecule has 0 bridgehead atoms. The third-order valence-corrected chi connectivity index (χ3v) is 3.57. The van der Waals surface area contributed by atoms with Crippen LogP contribution in [0.3, 0.4) is 0 Å². The third-order valence-electron chi connectivity index (χ3n) is 3.57. The Morgan fingerprint density at radius 3 is 2.41 bits per heavy atom. The van der Waals surface area contributed by atoms with Gasteiger partial charge in [0.25, 0.3) is 0 Å². The molecule has 0 amide bonds. The lowest BCUT2D eigenvalue weighted by Crippen LogP contribution is -1.95. The largest absolute Gasteiger partial charge is 0.341 e. The van der Waals surface area contributed by atoms with Gasteiger partial charge in [-0.1, -0.05) is 43.3 Å². The van der Waals surface area contributed by atoms with E-state index in [-0.39, 0.29) is 0 Å². The van der Waals surface area contributed by atoms with E-state index in [2.05, 4.69) is 60.9 Å². The van der Waals surface area contributed by atoms with Gasteiger partial charge in [-0.05, 0) is 25.0 Å². The molecule has 0 atom stereocenters. The molecule has 1 heteroatoms. The van der Waals surface area contributed by atoms with Gasteiger partial charge in [-0.3, -0.25) is 0 Å². The van der Waals surface area contributed by atoms with Crippen molar-refractivity contribution < 1.29 is 0 Å². The van der Waals surface area contributed by atoms with E-state index in [0.29, 0.717) is 0 Å². The fraction of sp³-hybridized carbons (Fsp3) is 0.250. The van der Waals surface area contributed by atoms with Crippen LogP contribution in [0.25, 0.3) is 21.8 Å². The fourth-order valence-corrected chi connectivity index (χ4v) is 2.80. The molecule has 2 aromatic carbocycles. The zero-order valence-electron chi connectivity index (χ0n) is 10.4. The molecule has 17 heavy (non-hydrogen) atoms. The zero-order valence-corrected chi connectivity index (χ0v) is 10.4. The van der Waals surface area contributed by atoms with Crippen LogP contribution in [0.15, 0.2) is 42.5 Å². The molecule has 0 aliphatic heterocycles. The quantitative estimate of drug-likeness (QED) is 0.607. The normalized spacial score (nSPS) is 11.4. The molecule has 0 aliphatic rings. The van der Waals surface area contributed by atoms with E-state index >= 15 is 0 Å². The van der Waals surface area contributed by atoms with Crippen LogP contribution in [0.5, 0.6) is 0 Å². The van der Waals surface area contributed by atoms with Crippen molar-refractivity contribution in [3.63, 3.8) is 0 Å². The van der Waals surface area contributed by atoms with Crippen molar-refractivity contribution in [2.45, 2.75) is 26.8 Å².